The molecule has 0 saturated carbocycles. The van der Waals surface area contributed by atoms with Gasteiger partial charge >= 0.3 is 0 Å². The molecule has 0 bridgehead atoms. The van der Waals surface area contributed by atoms with Gasteiger partial charge in [-0.05, 0) is 30.9 Å². The van der Waals surface area contributed by atoms with Gasteiger partial charge in [-0.2, -0.15) is 5.10 Å². The van der Waals surface area contributed by atoms with E-state index >= 15 is 0 Å². The Balaban J connectivity index is 2.30. The first-order valence-electron chi connectivity index (χ1n) is 6.24. The van der Waals surface area contributed by atoms with Crippen molar-refractivity contribution in [2.45, 2.75) is 20.3 Å². The van der Waals surface area contributed by atoms with Gasteiger partial charge in [-0.1, -0.05) is 32.0 Å². The molecule has 1 heterocycles. The molecule has 2 rings (SSSR count). The molecule has 0 aliphatic rings. The zero-order valence-electron chi connectivity index (χ0n) is 10.9. The topological polar surface area (TPSA) is 43.8 Å². The van der Waals surface area contributed by atoms with Crippen LogP contribution in [0.25, 0.3) is 10.9 Å². The lowest BCUT2D eigenvalue weighted by molar-refractivity contribution is 0.391. The molecule has 0 aliphatic heterocycles. The quantitative estimate of drug-likeness (QED) is 0.877. The van der Waals surface area contributed by atoms with Gasteiger partial charge in [-0.15, -0.1) is 0 Å². The number of para-hydroxylation sites is 1. The number of nitrogens with two attached hydrogens (primary N) is 1. The molecule has 0 fully saturated rings. The predicted octanol–water partition coefficient (Wildman–Crippen LogP) is 2.35. The fourth-order valence-electron chi connectivity index (χ4n) is 2.18. The summed E-state index contributed by atoms with van der Waals surface area (Å²) in [4.78, 5) is 0. The summed E-state index contributed by atoms with van der Waals surface area (Å²) in [7, 11) is 2.00. The molecule has 0 saturated heterocycles. The fraction of sp³-hybridized carbons (Fsp3) is 0.500. The monoisotopic (exact) mass is 231 g/mol. The highest BCUT2D eigenvalue weighted by molar-refractivity contribution is 5.81. The molecule has 2 unspecified atom stereocenters. The third-order valence-corrected chi connectivity index (χ3v) is 3.69. The van der Waals surface area contributed by atoms with Crippen LogP contribution in [0, 0.1) is 11.8 Å². The standard InChI is InChI=1S/C14H21N3/c1-10(11(2)9-15)8-13-12-6-4-5-7-14(12)17(3)16-13/h4-7,10-11H,8-9,15H2,1-3H3. The summed E-state index contributed by atoms with van der Waals surface area (Å²) in [6.45, 7) is 5.20. The van der Waals surface area contributed by atoms with Crippen LogP contribution in [0.5, 0.6) is 0 Å². The Bertz CT molecular complexity index is 501. The summed E-state index contributed by atoms with van der Waals surface area (Å²) in [5, 5.41) is 5.89. The Morgan fingerprint density at radius 2 is 1.94 bits per heavy atom. The number of hydrogen-bond acceptors (Lipinski definition) is 2. The van der Waals surface area contributed by atoms with Crippen LogP contribution in [0.2, 0.25) is 0 Å². The maximum Gasteiger partial charge on any atom is 0.0706 e. The molecule has 0 aliphatic carbocycles. The highest BCUT2D eigenvalue weighted by atomic mass is 15.3. The summed E-state index contributed by atoms with van der Waals surface area (Å²) < 4.78 is 1.96. The van der Waals surface area contributed by atoms with Crippen LogP contribution in [0.4, 0.5) is 0 Å². The van der Waals surface area contributed by atoms with E-state index in [0.29, 0.717) is 11.8 Å². The van der Waals surface area contributed by atoms with Crippen molar-refractivity contribution in [1.29, 1.82) is 0 Å². The molecule has 2 atom stereocenters. The maximum absolute atomic E-state index is 5.72. The van der Waals surface area contributed by atoms with Crippen molar-refractivity contribution in [1.82, 2.24) is 9.78 Å². The maximum atomic E-state index is 5.72. The van der Waals surface area contributed by atoms with E-state index < -0.39 is 0 Å². The van der Waals surface area contributed by atoms with Crippen molar-refractivity contribution in [3.8, 4) is 0 Å². The van der Waals surface area contributed by atoms with Gasteiger partial charge in [0.05, 0.1) is 11.2 Å². The minimum atomic E-state index is 0.538. The van der Waals surface area contributed by atoms with E-state index in [4.69, 9.17) is 5.73 Å². The first-order valence-corrected chi connectivity index (χ1v) is 6.24. The first-order chi connectivity index (χ1) is 8.13. The van der Waals surface area contributed by atoms with Gasteiger partial charge in [0.15, 0.2) is 0 Å². The number of aromatic nitrogens is 2. The highest BCUT2D eigenvalue weighted by Gasteiger charge is 2.15. The van der Waals surface area contributed by atoms with E-state index in [0.717, 1.165) is 13.0 Å². The fourth-order valence-corrected chi connectivity index (χ4v) is 2.18. The second-order valence-corrected chi connectivity index (χ2v) is 4.98. The van der Waals surface area contributed by atoms with E-state index in [-0.39, 0.29) is 0 Å². The van der Waals surface area contributed by atoms with Crippen LogP contribution in [-0.4, -0.2) is 16.3 Å². The lowest BCUT2D eigenvalue weighted by Gasteiger charge is -2.16. The van der Waals surface area contributed by atoms with Gasteiger partial charge in [0.1, 0.15) is 0 Å². The molecule has 92 valence electrons. The number of rotatable bonds is 4. The number of nitrogens with zero attached hydrogens (tertiary/aromatic N) is 2. The van der Waals surface area contributed by atoms with Gasteiger partial charge in [-0.3, -0.25) is 4.68 Å². The van der Waals surface area contributed by atoms with Crippen molar-refractivity contribution in [3.05, 3.63) is 30.0 Å². The van der Waals surface area contributed by atoms with E-state index in [1.165, 1.54) is 16.6 Å². The third-order valence-electron chi connectivity index (χ3n) is 3.69. The largest absolute Gasteiger partial charge is 0.330 e. The molecular formula is C14H21N3. The molecule has 1 aromatic carbocycles. The summed E-state index contributed by atoms with van der Waals surface area (Å²) in [5.41, 5.74) is 8.11. The van der Waals surface area contributed by atoms with Crippen LogP contribution in [0.15, 0.2) is 24.3 Å². The molecule has 0 spiro atoms. The lowest BCUT2D eigenvalue weighted by Crippen LogP contribution is -2.20. The molecule has 2 N–H and O–H groups in total. The van der Waals surface area contributed by atoms with Crippen molar-refractivity contribution in [2.75, 3.05) is 6.54 Å². The van der Waals surface area contributed by atoms with Crippen molar-refractivity contribution in [3.63, 3.8) is 0 Å². The van der Waals surface area contributed by atoms with Gasteiger partial charge < -0.3 is 5.73 Å². The van der Waals surface area contributed by atoms with Crippen LogP contribution in [0.3, 0.4) is 0 Å². The first kappa shape index (κ1) is 12.1. The summed E-state index contributed by atoms with van der Waals surface area (Å²) in [6.07, 6.45) is 1.000. The Morgan fingerprint density at radius 1 is 1.24 bits per heavy atom. The molecule has 3 heteroatoms. The van der Waals surface area contributed by atoms with Crippen LogP contribution in [0.1, 0.15) is 19.5 Å². The van der Waals surface area contributed by atoms with Gasteiger partial charge in [0.25, 0.3) is 0 Å². The van der Waals surface area contributed by atoms with Crippen molar-refractivity contribution in [2.24, 2.45) is 24.6 Å². The summed E-state index contributed by atoms with van der Waals surface area (Å²) in [5.74, 6) is 1.11. The molecule has 0 radical (unpaired) electrons. The van der Waals surface area contributed by atoms with Crippen LogP contribution >= 0.6 is 0 Å². The number of fused-ring (bicyclic) bond motifs is 1. The summed E-state index contributed by atoms with van der Waals surface area (Å²) >= 11 is 0. The Labute approximate surface area is 103 Å². The van der Waals surface area contributed by atoms with Crippen molar-refractivity contribution < 1.29 is 0 Å². The smallest absolute Gasteiger partial charge is 0.0706 e. The predicted molar refractivity (Wildman–Crippen MR) is 71.8 cm³/mol. The molecule has 0 amide bonds. The SMILES string of the molecule is CC(CN)C(C)Cc1nn(C)c2ccccc12. The average molecular weight is 231 g/mol. The second-order valence-electron chi connectivity index (χ2n) is 4.98. The van der Waals surface area contributed by atoms with E-state index in [9.17, 15) is 0 Å². The van der Waals surface area contributed by atoms with Crippen molar-refractivity contribution >= 4 is 10.9 Å². The van der Waals surface area contributed by atoms with E-state index in [1.807, 2.05) is 11.7 Å². The minimum Gasteiger partial charge on any atom is -0.330 e. The average Bonchev–Trinajstić information content (AvgIpc) is 2.66. The van der Waals surface area contributed by atoms with Gasteiger partial charge in [-0.25, -0.2) is 0 Å². The molecule has 3 nitrogen and oxygen atoms in total. The highest BCUT2D eigenvalue weighted by Crippen LogP contribution is 2.22. The normalized spacial score (nSPS) is 15.1. The molecule has 2 aromatic rings. The zero-order valence-corrected chi connectivity index (χ0v) is 10.9. The zero-order chi connectivity index (χ0) is 12.4. The van der Waals surface area contributed by atoms with Crippen LogP contribution < -0.4 is 5.73 Å². The number of aryl methyl sites for hydroxylation is 1. The molecular weight excluding hydrogens is 210 g/mol. The van der Waals surface area contributed by atoms with Gasteiger partial charge in [0.2, 0.25) is 0 Å². The number of hydrogen-bond donors (Lipinski definition) is 1. The Morgan fingerprint density at radius 3 is 2.65 bits per heavy atom. The number of benzene rings is 1. The van der Waals surface area contributed by atoms with Crippen LogP contribution in [-0.2, 0) is 13.5 Å². The molecule has 1 aromatic heterocycles. The van der Waals surface area contributed by atoms with Gasteiger partial charge in [0, 0.05) is 12.4 Å². The minimum absolute atomic E-state index is 0.538. The van der Waals surface area contributed by atoms with E-state index in [1.54, 1.807) is 0 Å². The van der Waals surface area contributed by atoms with E-state index in [2.05, 4.69) is 43.2 Å². The Kier molecular flexibility index (Phi) is 3.48. The second kappa shape index (κ2) is 4.88. The lowest BCUT2D eigenvalue weighted by atomic mass is 9.91. The Hall–Kier alpha value is -1.35. The summed E-state index contributed by atoms with van der Waals surface area (Å²) in [6, 6.07) is 8.39. The molecule has 17 heavy (non-hydrogen) atoms. The third kappa shape index (κ3) is 2.34.